The largest absolute Gasteiger partial charge is 0.370 e. The third-order valence-electron chi connectivity index (χ3n) is 3.52. The van der Waals surface area contributed by atoms with Crippen molar-refractivity contribution < 1.29 is 0 Å². The minimum atomic E-state index is 0.417. The molecule has 18 heavy (non-hydrogen) atoms. The first-order chi connectivity index (χ1) is 8.61. The second-order valence-corrected chi connectivity index (χ2v) is 5.59. The fourth-order valence-electron chi connectivity index (χ4n) is 2.58. The minimum Gasteiger partial charge on any atom is -0.370 e. The summed E-state index contributed by atoms with van der Waals surface area (Å²) < 4.78 is 0. The number of anilines is 2. The summed E-state index contributed by atoms with van der Waals surface area (Å²) >= 11 is 0. The quantitative estimate of drug-likeness (QED) is 0.840. The van der Waals surface area contributed by atoms with Crippen molar-refractivity contribution in [3.05, 3.63) is 11.9 Å². The third-order valence-corrected chi connectivity index (χ3v) is 3.52. The molecule has 2 N–H and O–H groups in total. The summed E-state index contributed by atoms with van der Waals surface area (Å²) in [5, 5.41) is 6.89. The maximum atomic E-state index is 4.43. The van der Waals surface area contributed by atoms with Crippen molar-refractivity contribution >= 4 is 11.6 Å². The smallest absolute Gasteiger partial charge is 0.135 e. The Labute approximate surface area is 110 Å². The van der Waals surface area contributed by atoms with Gasteiger partial charge in [-0.3, -0.25) is 0 Å². The molecule has 0 bridgehead atoms. The van der Waals surface area contributed by atoms with Gasteiger partial charge in [0.05, 0.1) is 0 Å². The molecule has 4 nitrogen and oxygen atoms in total. The van der Waals surface area contributed by atoms with Crippen LogP contribution >= 0.6 is 0 Å². The van der Waals surface area contributed by atoms with Crippen LogP contribution in [0, 0.1) is 5.92 Å². The number of nitrogens with zero attached hydrogens (tertiary/aromatic N) is 2. The molecule has 0 atom stereocenters. The minimum absolute atomic E-state index is 0.417. The van der Waals surface area contributed by atoms with Crippen molar-refractivity contribution in [2.75, 3.05) is 17.2 Å². The summed E-state index contributed by atoms with van der Waals surface area (Å²) in [6.07, 6.45) is 4.14. The lowest BCUT2D eigenvalue weighted by atomic mass is 9.82. The Balaban J connectivity index is 2.19. The molecule has 0 saturated heterocycles. The van der Waals surface area contributed by atoms with Gasteiger partial charge in [-0.25, -0.2) is 9.97 Å². The van der Waals surface area contributed by atoms with Crippen molar-refractivity contribution in [1.29, 1.82) is 0 Å². The van der Waals surface area contributed by atoms with E-state index in [0.29, 0.717) is 12.0 Å². The predicted molar refractivity (Wildman–Crippen MR) is 76.1 cm³/mol. The highest BCUT2D eigenvalue weighted by Gasteiger charge is 2.27. The van der Waals surface area contributed by atoms with Gasteiger partial charge in [0, 0.05) is 18.2 Å². The lowest BCUT2D eigenvalue weighted by Gasteiger charge is -2.34. The Morgan fingerprint density at radius 3 is 2.50 bits per heavy atom. The molecule has 0 amide bonds. The van der Waals surface area contributed by atoms with Crippen LogP contribution in [0.15, 0.2) is 6.33 Å². The molecular formula is C14H24N4. The molecule has 2 rings (SSSR count). The van der Waals surface area contributed by atoms with Crippen LogP contribution in [-0.2, 0) is 0 Å². The number of aromatic nitrogens is 2. The van der Waals surface area contributed by atoms with E-state index in [1.807, 2.05) is 0 Å². The highest BCUT2D eigenvalue weighted by molar-refractivity contribution is 5.59. The van der Waals surface area contributed by atoms with Gasteiger partial charge in [0.25, 0.3) is 0 Å². The van der Waals surface area contributed by atoms with Crippen molar-refractivity contribution in [2.24, 2.45) is 5.92 Å². The van der Waals surface area contributed by atoms with E-state index in [-0.39, 0.29) is 0 Å². The van der Waals surface area contributed by atoms with E-state index >= 15 is 0 Å². The molecular weight excluding hydrogens is 224 g/mol. The Kier molecular flexibility index (Phi) is 4.04. The first-order valence-corrected chi connectivity index (χ1v) is 6.97. The van der Waals surface area contributed by atoms with E-state index in [2.05, 4.69) is 48.3 Å². The molecule has 4 heteroatoms. The molecule has 0 unspecified atom stereocenters. The van der Waals surface area contributed by atoms with Gasteiger partial charge in [-0.05, 0) is 31.6 Å². The van der Waals surface area contributed by atoms with Crippen molar-refractivity contribution in [3.8, 4) is 0 Å². The molecule has 1 aliphatic rings. The van der Waals surface area contributed by atoms with E-state index in [0.717, 1.165) is 24.1 Å². The van der Waals surface area contributed by atoms with Crippen molar-refractivity contribution in [1.82, 2.24) is 9.97 Å². The first-order valence-electron chi connectivity index (χ1n) is 6.97. The second-order valence-electron chi connectivity index (χ2n) is 5.59. The normalized spacial score (nSPS) is 22.7. The summed E-state index contributed by atoms with van der Waals surface area (Å²) in [7, 11) is 0. The van der Waals surface area contributed by atoms with Crippen molar-refractivity contribution in [3.63, 3.8) is 0 Å². The number of nitrogens with one attached hydrogen (secondary N) is 2. The van der Waals surface area contributed by atoms with E-state index in [4.69, 9.17) is 0 Å². The standard InChI is InChI=1S/C14H24N4/c1-5-15-13-12(9(2)3)14(17-8-16-13)18-11-6-10(4)7-11/h8-11H,5-7H2,1-4H3,(H2,15,16,17,18). The van der Waals surface area contributed by atoms with Crippen LogP contribution in [-0.4, -0.2) is 22.6 Å². The van der Waals surface area contributed by atoms with Gasteiger partial charge in [-0.1, -0.05) is 20.8 Å². The summed E-state index contributed by atoms with van der Waals surface area (Å²) in [6.45, 7) is 9.65. The monoisotopic (exact) mass is 248 g/mol. The zero-order valence-electron chi connectivity index (χ0n) is 11.8. The fourth-order valence-corrected chi connectivity index (χ4v) is 2.58. The topological polar surface area (TPSA) is 49.8 Å². The molecule has 0 spiro atoms. The summed E-state index contributed by atoms with van der Waals surface area (Å²) in [5.41, 5.74) is 1.21. The SMILES string of the molecule is CCNc1ncnc(NC2CC(C)C2)c1C(C)C. The van der Waals surface area contributed by atoms with Crippen LogP contribution in [0.5, 0.6) is 0 Å². The zero-order valence-corrected chi connectivity index (χ0v) is 11.8. The Morgan fingerprint density at radius 1 is 1.28 bits per heavy atom. The summed E-state index contributed by atoms with van der Waals surface area (Å²) in [4.78, 5) is 8.78. The van der Waals surface area contributed by atoms with Crippen LogP contribution in [0.2, 0.25) is 0 Å². The Morgan fingerprint density at radius 2 is 1.94 bits per heavy atom. The lowest BCUT2D eigenvalue weighted by Crippen LogP contribution is -2.34. The van der Waals surface area contributed by atoms with Crippen LogP contribution in [0.1, 0.15) is 52.0 Å². The highest BCUT2D eigenvalue weighted by atomic mass is 15.1. The van der Waals surface area contributed by atoms with Gasteiger partial charge in [-0.15, -0.1) is 0 Å². The molecule has 100 valence electrons. The molecule has 1 aromatic rings. The maximum absolute atomic E-state index is 4.43. The van der Waals surface area contributed by atoms with Gasteiger partial charge in [0.2, 0.25) is 0 Å². The predicted octanol–water partition coefficient (Wildman–Crippen LogP) is 3.24. The zero-order chi connectivity index (χ0) is 13.1. The second kappa shape index (κ2) is 5.55. The van der Waals surface area contributed by atoms with Gasteiger partial charge in [-0.2, -0.15) is 0 Å². The number of hydrogen-bond acceptors (Lipinski definition) is 4. The third kappa shape index (κ3) is 2.74. The van der Waals surface area contributed by atoms with Gasteiger partial charge in [0.15, 0.2) is 0 Å². The van der Waals surface area contributed by atoms with Crippen molar-refractivity contribution in [2.45, 2.75) is 52.5 Å². The maximum Gasteiger partial charge on any atom is 0.135 e. The summed E-state index contributed by atoms with van der Waals surface area (Å²) in [6, 6.07) is 0.585. The molecule has 1 aromatic heterocycles. The van der Waals surface area contributed by atoms with E-state index < -0.39 is 0 Å². The van der Waals surface area contributed by atoms with E-state index in [1.54, 1.807) is 6.33 Å². The molecule has 0 aliphatic heterocycles. The Hall–Kier alpha value is -1.32. The molecule has 0 aromatic carbocycles. The van der Waals surface area contributed by atoms with Crippen LogP contribution in [0.25, 0.3) is 0 Å². The molecule has 1 heterocycles. The van der Waals surface area contributed by atoms with Crippen LogP contribution in [0.3, 0.4) is 0 Å². The lowest BCUT2D eigenvalue weighted by molar-refractivity contribution is 0.308. The van der Waals surface area contributed by atoms with E-state index in [1.165, 1.54) is 18.4 Å². The molecule has 1 fully saturated rings. The van der Waals surface area contributed by atoms with Crippen LogP contribution < -0.4 is 10.6 Å². The van der Waals surface area contributed by atoms with Gasteiger partial charge >= 0.3 is 0 Å². The Bertz CT molecular complexity index is 397. The van der Waals surface area contributed by atoms with Crippen LogP contribution in [0.4, 0.5) is 11.6 Å². The molecule has 0 radical (unpaired) electrons. The number of rotatable bonds is 5. The first kappa shape index (κ1) is 13.1. The average Bonchev–Trinajstić information content (AvgIpc) is 2.27. The average molecular weight is 248 g/mol. The highest BCUT2D eigenvalue weighted by Crippen LogP contribution is 2.33. The van der Waals surface area contributed by atoms with E-state index in [9.17, 15) is 0 Å². The summed E-state index contributed by atoms with van der Waals surface area (Å²) in [5.74, 6) is 3.24. The number of hydrogen-bond donors (Lipinski definition) is 2. The molecule has 1 saturated carbocycles. The van der Waals surface area contributed by atoms with Gasteiger partial charge in [0.1, 0.15) is 18.0 Å². The van der Waals surface area contributed by atoms with Gasteiger partial charge < -0.3 is 10.6 Å². The fraction of sp³-hybridized carbons (Fsp3) is 0.714. The molecule has 1 aliphatic carbocycles.